The monoisotopic (exact) mass is 445 g/mol. The molecule has 2 aromatic rings. The Morgan fingerprint density at radius 3 is 2.79 bits per heavy atom. The van der Waals surface area contributed by atoms with Gasteiger partial charge in [-0.05, 0) is 36.8 Å². The Morgan fingerprint density at radius 2 is 2.12 bits per heavy atom. The van der Waals surface area contributed by atoms with E-state index in [1.54, 1.807) is 13.3 Å². The summed E-state index contributed by atoms with van der Waals surface area (Å²) in [5, 5.41) is 16.1. The maximum atomic E-state index is 9.99. The van der Waals surface area contributed by atoms with Gasteiger partial charge in [-0.1, -0.05) is 12.1 Å². The van der Waals surface area contributed by atoms with Crippen LogP contribution in [0.25, 0.3) is 0 Å². The summed E-state index contributed by atoms with van der Waals surface area (Å²) in [6, 6.07) is 11.4. The van der Waals surface area contributed by atoms with Crippen LogP contribution in [0.1, 0.15) is 11.3 Å². The number of nitrogens with zero attached hydrogens (tertiary/aromatic N) is 1. The van der Waals surface area contributed by atoms with Gasteiger partial charge in [0.1, 0.15) is 24.2 Å². The molecule has 2 rings (SSSR count). The minimum Gasteiger partial charge on any atom is -0.491 e. The number of halogens is 1. The summed E-state index contributed by atoms with van der Waals surface area (Å²) in [5.41, 5.74) is 1.12. The van der Waals surface area contributed by atoms with Crippen molar-refractivity contribution >= 4 is 29.9 Å². The molecule has 3 N–H and O–H groups in total. The lowest BCUT2D eigenvalue weighted by Crippen LogP contribution is -2.42. The van der Waals surface area contributed by atoms with Crippen LogP contribution in [0.4, 0.5) is 0 Å². The molecule has 0 saturated heterocycles. The van der Waals surface area contributed by atoms with E-state index in [1.807, 2.05) is 43.3 Å². The van der Waals surface area contributed by atoms with Crippen LogP contribution in [-0.4, -0.2) is 37.4 Å². The Hall–Kier alpha value is -1.74. The van der Waals surface area contributed by atoms with Gasteiger partial charge in [-0.2, -0.15) is 0 Å². The number of aliphatic imine (C=N–C) groups is 1. The van der Waals surface area contributed by atoms with E-state index >= 15 is 0 Å². The van der Waals surface area contributed by atoms with E-state index in [9.17, 15) is 5.11 Å². The molecule has 24 heavy (non-hydrogen) atoms. The third-order valence-corrected chi connectivity index (χ3v) is 3.17. The molecule has 6 nitrogen and oxygen atoms in total. The van der Waals surface area contributed by atoms with E-state index in [0.717, 1.165) is 17.1 Å². The van der Waals surface area contributed by atoms with Gasteiger partial charge in [0.15, 0.2) is 5.96 Å². The molecule has 0 saturated carbocycles. The van der Waals surface area contributed by atoms with Crippen LogP contribution < -0.4 is 15.4 Å². The summed E-state index contributed by atoms with van der Waals surface area (Å²) in [5.74, 6) is 2.16. The molecule has 0 aliphatic rings. The molecule has 132 valence electrons. The molecule has 1 heterocycles. The zero-order valence-electron chi connectivity index (χ0n) is 13.9. The van der Waals surface area contributed by atoms with Crippen LogP contribution >= 0.6 is 24.0 Å². The Balaban J connectivity index is 0.00000288. The zero-order valence-corrected chi connectivity index (χ0v) is 16.2. The molecule has 7 heteroatoms. The number of ether oxygens (including phenoxy) is 1. The van der Waals surface area contributed by atoms with Crippen LogP contribution in [0.15, 0.2) is 52.1 Å². The maximum absolute atomic E-state index is 9.99. The van der Waals surface area contributed by atoms with Crippen molar-refractivity contribution in [2.75, 3.05) is 20.2 Å². The van der Waals surface area contributed by atoms with Crippen molar-refractivity contribution in [3.05, 3.63) is 54.0 Å². The quantitative estimate of drug-likeness (QED) is 0.347. The predicted molar refractivity (Wildman–Crippen MR) is 105 cm³/mol. The topological polar surface area (TPSA) is 79.0 Å². The molecule has 1 unspecified atom stereocenters. The van der Waals surface area contributed by atoms with Crippen molar-refractivity contribution in [1.82, 2.24) is 10.6 Å². The second-order valence-corrected chi connectivity index (χ2v) is 5.17. The van der Waals surface area contributed by atoms with E-state index in [4.69, 9.17) is 9.15 Å². The smallest absolute Gasteiger partial charge is 0.191 e. The molecular formula is C17H24IN3O3. The fourth-order valence-corrected chi connectivity index (χ4v) is 1.98. The normalized spacial score (nSPS) is 12.2. The number of guanidine groups is 1. The molecule has 0 aliphatic carbocycles. The van der Waals surface area contributed by atoms with Crippen molar-refractivity contribution in [2.24, 2.45) is 4.99 Å². The molecule has 1 aromatic carbocycles. The van der Waals surface area contributed by atoms with Gasteiger partial charge in [0.05, 0.1) is 12.8 Å². The van der Waals surface area contributed by atoms with Gasteiger partial charge in [0.25, 0.3) is 0 Å². The first-order valence-corrected chi connectivity index (χ1v) is 7.52. The molecule has 0 spiro atoms. The fraction of sp³-hybridized carbons (Fsp3) is 0.353. The third-order valence-electron chi connectivity index (χ3n) is 3.17. The van der Waals surface area contributed by atoms with Gasteiger partial charge >= 0.3 is 0 Å². The van der Waals surface area contributed by atoms with Crippen molar-refractivity contribution in [3.8, 4) is 5.75 Å². The van der Waals surface area contributed by atoms with Crippen LogP contribution in [-0.2, 0) is 6.54 Å². The largest absolute Gasteiger partial charge is 0.491 e. The highest BCUT2D eigenvalue weighted by molar-refractivity contribution is 14.0. The first-order chi connectivity index (χ1) is 11.2. The second kappa shape index (κ2) is 10.9. The van der Waals surface area contributed by atoms with Crippen LogP contribution in [0.3, 0.4) is 0 Å². The number of aryl methyl sites for hydroxylation is 1. The molecular weight excluding hydrogens is 421 g/mol. The highest BCUT2D eigenvalue weighted by Crippen LogP contribution is 2.12. The van der Waals surface area contributed by atoms with Gasteiger partial charge in [0, 0.05) is 13.6 Å². The highest BCUT2D eigenvalue weighted by Gasteiger charge is 2.07. The van der Waals surface area contributed by atoms with Gasteiger partial charge in [0.2, 0.25) is 0 Å². The molecule has 0 fully saturated rings. The third kappa shape index (κ3) is 7.22. The molecule has 0 aliphatic heterocycles. The maximum Gasteiger partial charge on any atom is 0.191 e. The van der Waals surface area contributed by atoms with Crippen molar-refractivity contribution in [3.63, 3.8) is 0 Å². The zero-order chi connectivity index (χ0) is 16.5. The predicted octanol–water partition coefficient (Wildman–Crippen LogP) is 2.31. The summed E-state index contributed by atoms with van der Waals surface area (Å²) in [6.07, 6.45) is 0.984. The first-order valence-electron chi connectivity index (χ1n) is 7.52. The first kappa shape index (κ1) is 20.3. The Bertz CT molecular complexity index is 617. The van der Waals surface area contributed by atoms with E-state index in [-0.39, 0.29) is 30.6 Å². The van der Waals surface area contributed by atoms with Crippen LogP contribution in [0, 0.1) is 6.92 Å². The number of rotatable bonds is 7. The summed E-state index contributed by atoms with van der Waals surface area (Å²) in [6.45, 7) is 3.08. The van der Waals surface area contributed by atoms with Gasteiger partial charge in [-0.3, -0.25) is 4.99 Å². The average molecular weight is 445 g/mol. The van der Waals surface area contributed by atoms with Crippen LogP contribution in [0.2, 0.25) is 0 Å². The Morgan fingerprint density at radius 1 is 1.29 bits per heavy atom. The standard InChI is InChI=1S/C17H23N3O3.HI/c1-13-5-3-6-15(9-13)23-12-14(21)10-19-17(18-2)20-11-16-7-4-8-22-16;/h3-9,14,21H,10-12H2,1-2H3,(H2,18,19,20);1H. The molecule has 1 atom stereocenters. The summed E-state index contributed by atoms with van der Waals surface area (Å²) in [7, 11) is 1.67. The Labute approximate surface area is 159 Å². The number of aliphatic hydroxyl groups excluding tert-OH is 1. The lowest BCUT2D eigenvalue weighted by molar-refractivity contribution is 0.110. The van der Waals surface area contributed by atoms with Crippen molar-refractivity contribution in [2.45, 2.75) is 19.6 Å². The minimum absolute atomic E-state index is 0. The number of aliphatic hydroxyl groups is 1. The van der Waals surface area contributed by atoms with E-state index in [0.29, 0.717) is 19.0 Å². The lowest BCUT2D eigenvalue weighted by atomic mass is 10.2. The summed E-state index contributed by atoms with van der Waals surface area (Å²) < 4.78 is 10.8. The summed E-state index contributed by atoms with van der Waals surface area (Å²) >= 11 is 0. The highest BCUT2D eigenvalue weighted by atomic mass is 127. The fourth-order valence-electron chi connectivity index (χ4n) is 1.98. The van der Waals surface area contributed by atoms with Gasteiger partial charge in [-0.25, -0.2) is 0 Å². The van der Waals surface area contributed by atoms with Gasteiger partial charge < -0.3 is 24.9 Å². The van der Waals surface area contributed by atoms with Crippen molar-refractivity contribution in [1.29, 1.82) is 0 Å². The number of furan rings is 1. The number of hydrogen-bond donors (Lipinski definition) is 3. The Kier molecular flexibility index (Phi) is 9.24. The molecule has 0 bridgehead atoms. The number of hydrogen-bond acceptors (Lipinski definition) is 4. The second-order valence-electron chi connectivity index (χ2n) is 5.17. The molecule has 1 aromatic heterocycles. The number of benzene rings is 1. The molecule has 0 amide bonds. The van der Waals surface area contributed by atoms with Gasteiger partial charge in [-0.15, -0.1) is 24.0 Å². The number of nitrogens with one attached hydrogen (secondary N) is 2. The molecule has 0 radical (unpaired) electrons. The SMILES string of the molecule is CN=C(NCc1ccco1)NCC(O)COc1cccc(C)c1.I. The van der Waals surface area contributed by atoms with Crippen LogP contribution in [0.5, 0.6) is 5.75 Å². The van der Waals surface area contributed by atoms with E-state index < -0.39 is 6.10 Å². The van der Waals surface area contributed by atoms with Crippen molar-refractivity contribution < 1.29 is 14.3 Å². The lowest BCUT2D eigenvalue weighted by Gasteiger charge is -2.16. The summed E-state index contributed by atoms with van der Waals surface area (Å²) in [4.78, 5) is 4.09. The van der Waals surface area contributed by atoms with E-state index in [1.165, 1.54) is 0 Å². The average Bonchev–Trinajstić information content (AvgIpc) is 3.06. The van der Waals surface area contributed by atoms with E-state index in [2.05, 4.69) is 15.6 Å². The minimum atomic E-state index is -0.641.